The molecule has 0 fully saturated rings. The first-order valence-corrected chi connectivity index (χ1v) is 4.02. The summed E-state index contributed by atoms with van der Waals surface area (Å²) in [6, 6.07) is 9.12. The highest BCUT2D eigenvalue weighted by Gasteiger charge is 1.99. The first-order chi connectivity index (χ1) is 6.31. The lowest BCUT2D eigenvalue weighted by molar-refractivity contribution is 0.480. The number of aromatic hydroxyl groups is 1. The zero-order chi connectivity index (χ0) is 9.26. The number of hydrogen-bond acceptors (Lipinski definition) is 2. The molecule has 64 valence electrons. The van der Waals surface area contributed by atoms with Gasteiger partial charge in [-0.2, -0.15) is 0 Å². The maximum absolute atomic E-state index is 9.49. The monoisotopic (exact) mass is 171 g/mol. The summed E-state index contributed by atoms with van der Waals surface area (Å²) in [5, 5.41) is 10.4. The molecule has 1 heterocycles. The maximum atomic E-state index is 9.49. The summed E-state index contributed by atoms with van der Waals surface area (Å²) in [7, 11) is 0. The summed E-state index contributed by atoms with van der Waals surface area (Å²) in [5.41, 5.74) is 1.40. The van der Waals surface area contributed by atoms with Gasteiger partial charge in [0, 0.05) is 5.39 Å². The zero-order valence-corrected chi connectivity index (χ0v) is 7.07. The summed E-state index contributed by atoms with van der Waals surface area (Å²) in [4.78, 5) is 4.23. The Morgan fingerprint density at radius 3 is 2.85 bits per heavy atom. The second-order valence-corrected chi connectivity index (χ2v) is 2.79. The van der Waals surface area contributed by atoms with Gasteiger partial charge in [0.05, 0.1) is 5.69 Å². The van der Waals surface area contributed by atoms with Crippen LogP contribution in [0.4, 0.5) is 0 Å². The van der Waals surface area contributed by atoms with Gasteiger partial charge in [-0.25, -0.2) is 4.98 Å². The van der Waals surface area contributed by atoms with Crippen LogP contribution in [0.25, 0.3) is 17.0 Å². The predicted octanol–water partition coefficient (Wildman–Crippen LogP) is 2.58. The fourth-order valence-corrected chi connectivity index (χ4v) is 1.26. The van der Waals surface area contributed by atoms with Crippen molar-refractivity contribution in [2.75, 3.05) is 0 Å². The Morgan fingerprint density at radius 2 is 2.08 bits per heavy atom. The van der Waals surface area contributed by atoms with Crippen LogP contribution in [0.1, 0.15) is 5.69 Å². The van der Waals surface area contributed by atoms with Crippen molar-refractivity contribution in [1.29, 1.82) is 0 Å². The molecule has 2 rings (SSSR count). The Labute approximate surface area is 76.2 Å². The molecule has 1 aromatic carbocycles. The van der Waals surface area contributed by atoms with Crippen LogP contribution < -0.4 is 0 Å². The number of phenols is 1. The summed E-state index contributed by atoms with van der Waals surface area (Å²) in [6.45, 7) is 3.62. The van der Waals surface area contributed by atoms with Crippen LogP contribution >= 0.6 is 0 Å². The van der Waals surface area contributed by atoms with E-state index in [9.17, 15) is 5.11 Å². The standard InChI is InChI=1S/C11H9NO/c1-2-9-7-6-8-4-3-5-10(13)11(8)12-9/h2-7,13H,1H2. The largest absolute Gasteiger partial charge is 0.506 e. The number of hydrogen-bond donors (Lipinski definition) is 1. The molecule has 1 aromatic heterocycles. The van der Waals surface area contributed by atoms with Gasteiger partial charge < -0.3 is 5.11 Å². The lowest BCUT2D eigenvalue weighted by Gasteiger charge is -2.00. The van der Waals surface area contributed by atoms with E-state index in [1.54, 1.807) is 18.2 Å². The van der Waals surface area contributed by atoms with E-state index in [0.29, 0.717) is 5.52 Å². The highest BCUT2D eigenvalue weighted by atomic mass is 16.3. The number of rotatable bonds is 1. The molecule has 0 spiro atoms. The van der Waals surface area contributed by atoms with E-state index >= 15 is 0 Å². The molecule has 0 aliphatic rings. The molecule has 2 heteroatoms. The molecule has 13 heavy (non-hydrogen) atoms. The summed E-state index contributed by atoms with van der Waals surface area (Å²) in [6.07, 6.45) is 1.66. The molecule has 0 saturated heterocycles. The normalized spacial score (nSPS) is 10.2. The Hall–Kier alpha value is -1.83. The molecular formula is C11H9NO. The van der Waals surface area contributed by atoms with Gasteiger partial charge in [0.25, 0.3) is 0 Å². The van der Waals surface area contributed by atoms with Gasteiger partial charge in [-0.05, 0) is 18.2 Å². The maximum Gasteiger partial charge on any atom is 0.141 e. The van der Waals surface area contributed by atoms with E-state index in [4.69, 9.17) is 0 Å². The fourth-order valence-electron chi connectivity index (χ4n) is 1.26. The Balaban J connectivity index is 2.81. The van der Waals surface area contributed by atoms with Crippen molar-refractivity contribution in [3.8, 4) is 5.75 Å². The average Bonchev–Trinajstić information content (AvgIpc) is 2.18. The van der Waals surface area contributed by atoms with E-state index in [2.05, 4.69) is 11.6 Å². The zero-order valence-electron chi connectivity index (χ0n) is 7.07. The predicted molar refractivity (Wildman–Crippen MR) is 53.5 cm³/mol. The fraction of sp³-hybridized carbons (Fsp3) is 0. The summed E-state index contributed by atoms with van der Waals surface area (Å²) in [5.74, 6) is 0.209. The second kappa shape index (κ2) is 2.90. The van der Waals surface area contributed by atoms with Crippen LogP contribution in [0.2, 0.25) is 0 Å². The van der Waals surface area contributed by atoms with Crippen LogP contribution in [0.15, 0.2) is 36.9 Å². The van der Waals surface area contributed by atoms with Gasteiger partial charge >= 0.3 is 0 Å². The van der Waals surface area contributed by atoms with Crippen molar-refractivity contribution in [3.05, 3.63) is 42.6 Å². The summed E-state index contributed by atoms with van der Waals surface area (Å²) < 4.78 is 0. The van der Waals surface area contributed by atoms with Gasteiger partial charge in [0.15, 0.2) is 0 Å². The number of para-hydroxylation sites is 1. The SMILES string of the molecule is C=Cc1ccc2cccc(O)c2n1. The van der Waals surface area contributed by atoms with Crippen LogP contribution in [0.5, 0.6) is 5.75 Å². The van der Waals surface area contributed by atoms with Gasteiger partial charge in [0.1, 0.15) is 11.3 Å². The number of fused-ring (bicyclic) bond motifs is 1. The highest BCUT2D eigenvalue weighted by Crippen LogP contribution is 2.22. The Kier molecular flexibility index (Phi) is 1.74. The number of benzene rings is 1. The lowest BCUT2D eigenvalue weighted by Crippen LogP contribution is -1.82. The molecule has 2 nitrogen and oxygen atoms in total. The molecule has 0 amide bonds. The van der Waals surface area contributed by atoms with E-state index in [1.165, 1.54) is 0 Å². The average molecular weight is 171 g/mol. The molecule has 0 aliphatic carbocycles. The van der Waals surface area contributed by atoms with Crippen LogP contribution in [-0.2, 0) is 0 Å². The van der Waals surface area contributed by atoms with E-state index in [1.807, 2.05) is 18.2 Å². The van der Waals surface area contributed by atoms with E-state index < -0.39 is 0 Å². The van der Waals surface area contributed by atoms with Gasteiger partial charge in [0.2, 0.25) is 0 Å². The molecule has 1 N–H and O–H groups in total. The lowest BCUT2D eigenvalue weighted by atomic mass is 10.2. The quantitative estimate of drug-likeness (QED) is 0.715. The first kappa shape index (κ1) is 7.80. The van der Waals surface area contributed by atoms with Crippen molar-refractivity contribution in [1.82, 2.24) is 4.98 Å². The second-order valence-electron chi connectivity index (χ2n) is 2.79. The Bertz CT molecular complexity index is 463. The number of phenolic OH excluding ortho intramolecular Hbond substituents is 1. The third-order valence-corrected chi connectivity index (χ3v) is 1.93. The number of nitrogens with zero attached hydrogens (tertiary/aromatic N) is 1. The minimum absolute atomic E-state index is 0.209. The number of pyridine rings is 1. The van der Waals surface area contributed by atoms with Gasteiger partial charge in [-0.15, -0.1) is 0 Å². The van der Waals surface area contributed by atoms with Crippen LogP contribution in [0.3, 0.4) is 0 Å². The third-order valence-electron chi connectivity index (χ3n) is 1.93. The summed E-state index contributed by atoms with van der Waals surface area (Å²) >= 11 is 0. The van der Waals surface area contributed by atoms with E-state index in [-0.39, 0.29) is 5.75 Å². The van der Waals surface area contributed by atoms with Crippen molar-refractivity contribution in [2.24, 2.45) is 0 Å². The molecular weight excluding hydrogens is 162 g/mol. The Morgan fingerprint density at radius 1 is 1.23 bits per heavy atom. The molecule has 0 saturated carbocycles. The van der Waals surface area contributed by atoms with Crippen molar-refractivity contribution in [3.63, 3.8) is 0 Å². The molecule has 0 bridgehead atoms. The molecule has 0 radical (unpaired) electrons. The third kappa shape index (κ3) is 1.26. The minimum Gasteiger partial charge on any atom is -0.506 e. The highest BCUT2D eigenvalue weighted by molar-refractivity contribution is 5.84. The topological polar surface area (TPSA) is 33.1 Å². The molecule has 0 atom stereocenters. The number of aromatic nitrogens is 1. The van der Waals surface area contributed by atoms with Crippen molar-refractivity contribution < 1.29 is 5.11 Å². The van der Waals surface area contributed by atoms with Crippen LogP contribution in [0, 0.1) is 0 Å². The first-order valence-electron chi connectivity index (χ1n) is 4.02. The minimum atomic E-state index is 0.209. The molecule has 0 aliphatic heterocycles. The smallest absolute Gasteiger partial charge is 0.141 e. The van der Waals surface area contributed by atoms with Crippen molar-refractivity contribution in [2.45, 2.75) is 0 Å². The van der Waals surface area contributed by atoms with Crippen LogP contribution in [-0.4, -0.2) is 10.1 Å². The van der Waals surface area contributed by atoms with Crippen molar-refractivity contribution >= 4 is 17.0 Å². The van der Waals surface area contributed by atoms with Gasteiger partial charge in [-0.1, -0.05) is 24.8 Å². The van der Waals surface area contributed by atoms with E-state index in [0.717, 1.165) is 11.1 Å². The molecule has 0 unspecified atom stereocenters. The molecule has 2 aromatic rings. The van der Waals surface area contributed by atoms with Gasteiger partial charge in [-0.3, -0.25) is 0 Å².